The molecule has 18 heavy (non-hydrogen) atoms. The molecule has 1 aliphatic carbocycles. The van der Waals surface area contributed by atoms with Gasteiger partial charge in [-0.15, -0.1) is 11.8 Å². The smallest absolute Gasteiger partial charge is 0.284 e. The van der Waals surface area contributed by atoms with E-state index in [4.69, 9.17) is 11.6 Å². The molecule has 1 aromatic carbocycles. The molecule has 96 valence electrons. The van der Waals surface area contributed by atoms with Gasteiger partial charge in [0.05, 0.1) is 15.1 Å². The SMILES string of the molecule is O=C1CCCC[C@H]1Sc1ccc(Cl)cc1[N+](=O)[O-]. The number of rotatable bonds is 3. The van der Waals surface area contributed by atoms with Crippen LogP contribution in [0.5, 0.6) is 0 Å². The van der Waals surface area contributed by atoms with E-state index in [0.29, 0.717) is 16.3 Å². The largest absolute Gasteiger partial charge is 0.298 e. The molecule has 2 rings (SSSR count). The van der Waals surface area contributed by atoms with E-state index < -0.39 is 4.92 Å². The highest BCUT2D eigenvalue weighted by Crippen LogP contribution is 2.37. The molecule has 0 aliphatic heterocycles. The Labute approximate surface area is 114 Å². The first-order valence-corrected chi connectivity index (χ1v) is 6.97. The van der Waals surface area contributed by atoms with E-state index in [1.54, 1.807) is 12.1 Å². The number of ketones is 1. The zero-order chi connectivity index (χ0) is 13.1. The Balaban J connectivity index is 2.22. The fraction of sp³-hybridized carbons (Fsp3) is 0.417. The number of Topliss-reactive ketones (excluding diaryl/α,β-unsaturated/α-hetero) is 1. The summed E-state index contributed by atoms with van der Waals surface area (Å²) in [6, 6.07) is 4.56. The summed E-state index contributed by atoms with van der Waals surface area (Å²) >= 11 is 7.04. The molecule has 0 radical (unpaired) electrons. The Bertz CT molecular complexity index is 492. The van der Waals surface area contributed by atoms with Crippen molar-refractivity contribution in [1.82, 2.24) is 0 Å². The van der Waals surface area contributed by atoms with Gasteiger partial charge in [-0.1, -0.05) is 18.0 Å². The molecule has 0 saturated heterocycles. The first-order valence-electron chi connectivity index (χ1n) is 5.71. The van der Waals surface area contributed by atoms with Gasteiger partial charge in [-0.2, -0.15) is 0 Å². The number of halogens is 1. The first kappa shape index (κ1) is 13.4. The van der Waals surface area contributed by atoms with Gasteiger partial charge in [0.2, 0.25) is 0 Å². The van der Waals surface area contributed by atoms with Gasteiger partial charge in [0.25, 0.3) is 5.69 Å². The van der Waals surface area contributed by atoms with E-state index in [9.17, 15) is 14.9 Å². The Kier molecular flexibility index (Phi) is 4.24. The maximum absolute atomic E-state index is 11.7. The van der Waals surface area contributed by atoms with Crippen molar-refractivity contribution >= 4 is 34.8 Å². The van der Waals surface area contributed by atoms with Crippen molar-refractivity contribution in [3.63, 3.8) is 0 Å². The zero-order valence-electron chi connectivity index (χ0n) is 9.60. The van der Waals surface area contributed by atoms with Crippen LogP contribution in [-0.4, -0.2) is 16.0 Å². The number of carbonyl (C=O) groups excluding carboxylic acids is 1. The molecule has 0 unspecified atom stereocenters. The van der Waals surface area contributed by atoms with Crippen LogP contribution in [0.15, 0.2) is 23.1 Å². The molecule has 0 amide bonds. The second kappa shape index (κ2) is 5.71. The standard InChI is InChI=1S/C12H12ClNO3S/c13-8-5-6-11(9(7-8)14(16)17)18-12-4-2-1-3-10(12)15/h5-7,12H,1-4H2/t12-/m1/s1. The molecule has 6 heteroatoms. The van der Waals surface area contributed by atoms with Crippen molar-refractivity contribution in [2.24, 2.45) is 0 Å². The third-order valence-corrected chi connectivity index (χ3v) is 4.50. The molecule has 1 aromatic rings. The van der Waals surface area contributed by atoms with Gasteiger partial charge in [0.15, 0.2) is 0 Å². The Morgan fingerprint density at radius 2 is 2.17 bits per heavy atom. The van der Waals surface area contributed by atoms with Crippen LogP contribution in [0.3, 0.4) is 0 Å². The third kappa shape index (κ3) is 3.03. The summed E-state index contributed by atoms with van der Waals surface area (Å²) in [5.74, 6) is 0.190. The Morgan fingerprint density at radius 3 is 2.83 bits per heavy atom. The van der Waals surface area contributed by atoms with E-state index >= 15 is 0 Å². The lowest BCUT2D eigenvalue weighted by Crippen LogP contribution is -2.21. The predicted octanol–water partition coefficient (Wildman–Crippen LogP) is 3.85. The Hall–Kier alpha value is -1.07. The quantitative estimate of drug-likeness (QED) is 0.625. The van der Waals surface area contributed by atoms with E-state index in [-0.39, 0.29) is 16.7 Å². The second-order valence-corrected chi connectivity index (χ2v) is 5.87. The molecule has 4 nitrogen and oxygen atoms in total. The minimum atomic E-state index is -0.457. The minimum Gasteiger partial charge on any atom is -0.298 e. The summed E-state index contributed by atoms with van der Waals surface area (Å²) in [5.41, 5.74) is -0.0223. The fourth-order valence-corrected chi connectivity index (χ4v) is 3.37. The van der Waals surface area contributed by atoms with Crippen LogP contribution in [0.2, 0.25) is 5.02 Å². The van der Waals surface area contributed by atoms with E-state index in [2.05, 4.69) is 0 Å². The zero-order valence-corrected chi connectivity index (χ0v) is 11.2. The molecule has 0 N–H and O–H groups in total. The van der Waals surface area contributed by atoms with Crippen LogP contribution in [0.4, 0.5) is 5.69 Å². The molecule has 1 saturated carbocycles. The number of carbonyl (C=O) groups is 1. The highest BCUT2D eigenvalue weighted by molar-refractivity contribution is 8.00. The second-order valence-electron chi connectivity index (χ2n) is 4.19. The fourth-order valence-electron chi connectivity index (χ4n) is 1.96. The summed E-state index contributed by atoms with van der Waals surface area (Å²) in [5, 5.41) is 11.1. The van der Waals surface area contributed by atoms with Crippen molar-refractivity contribution in [1.29, 1.82) is 0 Å². The van der Waals surface area contributed by atoms with Gasteiger partial charge in [0, 0.05) is 17.5 Å². The Morgan fingerprint density at radius 1 is 1.39 bits per heavy atom. The van der Waals surface area contributed by atoms with Crippen molar-refractivity contribution in [2.75, 3.05) is 0 Å². The molecule has 0 spiro atoms. The molecule has 0 heterocycles. The van der Waals surface area contributed by atoms with E-state index in [1.807, 2.05) is 0 Å². The number of nitrogens with zero attached hydrogens (tertiary/aromatic N) is 1. The molecular weight excluding hydrogens is 274 g/mol. The lowest BCUT2D eigenvalue weighted by atomic mass is 9.99. The maximum Gasteiger partial charge on any atom is 0.284 e. The van der Waals surface area contributed by atoms with Gasteiger partial charge in [-0.25, -0.2) is 0 Å². The molecule has 0 bridgehead atoms. The topological polar surface area (TPSA) is 60.2 Å². The number of hydrogen-bond acceptors (Lipinski definition) is 4. The summed E-state index contributed by atoms with van der Waals surface area (Å²) in [6.07, 6.45) is 3.31. The van der Waals surface area contributed by atoms with Crippen LogP contribution in [0.25, 0.3) is 0 Å². The molecule has 1 aliphatic rings. The lowest BCUT2D eigenvalue weighted by Gasteiger charge is -2.19. The summed E-state index contributed by atoms with van der Waals surface area (Å²) in [6.45, 7) is 0. The monoisotopic (exact) mass is 285 g/mol. The van der Waals surface area contributed by atoms with Crippen molar-refractivity contribution in [2.45, 2.75) is 35.8 Å². The minimum absolute atomic E-state index is 0.0223. The van der Waals surface area contributed by atoms with Crippen molar-refractivity contribution in [3.8, 4) is 0 Å². The molecule has 1 atom stereocenters. The molecule has 1 fully saturated rings. The van der Waals surface area contributed by atoms with Crippen LogP contribution in [0.1, 0.15) is 25.7 Å². The number of nitro groups is 1. The van der Waals surface area contributed by atoms with Crippen LogP contribution in [0, 0.1) is 10.1 Å². The average Bonchev–Trinajstić information content (AvgIpc) is 2.34. The van der Waals surface area contributed by atoms with Crippen molar-refractivity contribution in [3.05, 3.63) is 33.3 Å². The third-order valence-electron chi connectivity index (χ3n) is 2.89. The lowest BCUT2D eigenvalue weighted by molar-refractivity contribution is -0.387. The number of hydrogen-bond donors (Lipinski definition) is 0. The predicted molar refractivity (Wildman–Crippen MR) is 71.2 cm³/mol. The summed E-state index contributed by atoms with van der Waals surface area (Å²) in [7, 11) is 0. The van der Waals surface area contributed by atoms with Gasteiger partial charge in [-0.3, -0.25) is 14.9 Å². The number of benzene rings is 1. The van der Waals surface area contributed by atoms with Gasteiger partial charge >= 0.3 is 0 Å². The van der Waals surface area contributed by atoms with Gasteiger partial charge in [-0.05, 0) is 25.0 Å². The first-order chi connectivity index (χ1) is 8.58. The number of thioether (sulfide) groups is 1. The van der Waals surface area contributed by atoms with Crippen molar-refractivity contribution < 1.29 is 9.72 Å². The summed E-state index contributed by atoms with van der Waals surface area (Å²) in [4.78, 5) is 22.7. The van der Waals surface area contributed by atoms with Crippen LogP contribution < -0.4 is 0 Å². The highest BCUT2D eigenvalue weighted by atomic mass is 35.5. The van der Waals surface area contributed by atoms with Gasteiger partial charge in [0.1, 0.15) is 5.78 Å². The van der Waals surface area contributed by atoms with E-state index in [0.717, 1.165) is 19.3 Å². The van der Waals surface area contributed by atoms with Crippen LogP contribution >= 0.6 is 23.4 Å². The highest BCUT2D eigenvalue weighted by Gasteiger charge is 2.26. The normalized spacial score (nSPS) is 19.8. The molecular formula is C12H12ClNO3S. The summed E-state index contributed by atoms with van der Waals surface area (Å²) < 4.78 is 0. The van der Waals surface area contributed by atoms with Crippen LogP contribution in [-0.2, 0) is 4.79 Å². The average molecular weight is 286 g/mol. The van der Waals surface area contributed by atoms with Gasteiger partial charge < -0.3 is 0 Å². The molecule has 0 aromatic heterocycles. The maximum atomic E-state index is 11.7. The van der Waals surface area contributed by atoms with E-state index in [1.165, 1.54) is 17.8 Å². The number of nitro benzene ring substituents is 1.